The van der Waals surface area contributed by atoms with Crippen LogP contribution in [-0.4, -0.2) is 4.57 Å². The highest BCUT2D eigenvalue weighted by Gasteiger charge is 2.29. The molecule has 8 aromatic carbocycles. The largest absolute Gasteiger partial charge is 0.309 e. The van der Waals surface area contributed by atoms with Crippen molar-refractivity contribution in [3.05, 3.63) is 211 Å². The van der Waals surface area contributed by atoms with E-state index < -0.39 is 0 Å². The molecule has 9 aromatic rings. The zero-order chi connectivity index (χ0) is 33.7. The average Bonchev–Trinajstić information content (AvgIpc) is 3.71. The second-order valence-corrected chi connectivity index (χ2v) is 13.6. The molecule has 0 spiro atoms. The summed E-state index contributed by atoms with van der Waals surface area (Å²) in [6.07, 6.45) is 0.918. The van der Waals surface area contributed by atoms with Crippen LogP contribution in [0, 0.1) is 0 Å². The van der Waals surface area contributed by atoms with Crippen LogP contribution in [-0.2, 0) is 6.42 Å². The number of rotatable bonds is 6. The maximum atomic E-state index is 2.43. The summed E-state index contributed by atoms with van der Waals surface area (Å²) < 4.78 is 2.43. The summed E-state index contributed by atoms with van der Waals surface area (Å²) >= 11 is 0. The summed E-state index contributed by atoms with van der Waals surface area (Å²) in [6, 6.07) is 71.4. The van der Waals surface area contributed by atoms with Gasteiger partial charge >= 0.3 is 0 Å². The summed E-state index contributed by atoms with van der Waals surface area (Å²) in [4.78, 5) is 0. The third kappa shape index (κ3) is 4.93. The van der Waals surface area contributed by atoms with E-state index in [2.05, 4.69) is 199 Å². The number of aromatic nitrogens is 1. The van der Waals surface area contributed by atoms with Crippen molar-refractivity contribution in [1.82, 2.24) is 4.57 Å². The molecule has 0 unspecified atom stereocenters. The normalized spacial score (nSPS) is 12.3. The van der Waals surface area contributed by atoms with Crippen LogP contribution in [0.2, 0.25) is 0 Å². The fourth-order valence-corrected chi connectivity index (χ4v) is 8.48. The molecule has 10 rings (SSSR count). The van der Waals surface area contributed by atoms with E-state index in [1.807, 2.05) is 0 Å². The molecule has 0 saturated heterocycles. The van der Waals surface area contributed by atoms with E-state index in [1.54, 1.807) is 0 Å². The molecule has 0 atom stereocenters. The van der Waals surface area contributed by atoms with Crippen LogP contribution in [0.3, 0.4) is 0 Å². The van der Waals surface area contributed by atoms with Crippen LogP contribution in [0.15, 0.2) is 194 Å². The molecule has 0 radical (unpaired) electrons. The fourth-order valence-electron chi connectivity index (χ4n) is 8.48. The van der Waals surface area contributed by atoms with Crippen LogP contribution in [0.25, 0.3) is 72.0 Å². The Kier molecular flexibility index (Phi) is 7.03. The zero-order valence-electron chi connectivity index (χ0n) is 28.2. The lowest BCUT2D eigenvalue weighted by Gasteiger charge is -2.21. The monoisotopic (exact) mass is 649 g/mol. The molecule has 0 fully saturated rings. The highest BCUT2D eigenvalue weighted by atomic mass is 15.0. The van der Waals surface area contributed by atoms with Gasteiger partial charge in [0.15, 0.2) is 0 Å². The van der Waals surface area contributed by atoms with Crippen molar-refractivity contribution in [3.8, 4) is 50.2 Å². The Morgan fingerprint density at radius 3 is 1.55 bits per heavy atom. The van der Waals surface area contributed by atoms with E-state index in [-0.39, 0.29) is 5.92 Å². The summed E-state index contributed by atoms with van der Waals surface area (Å²) in [5.41, 5.74) is 17.9. The topological polar surface area (TPSA) is 4.93 Å². The van der Waals surface area contributed by atoms with Crippen LogP contribution < -0.4 is 0 Å². The lowest BCUT2D eigenvalue weighted by atomic mass is 9.83. The molecule has 0 amide bonds. The average molecular weight is 650 g/mol. The van der Waals surface area contributed by atoms with Crippen LogP contribution >= 0.6 is 0 Å². The van der Waals surface area contributed by atoms with Gasteiger partial charge in [0.05, 0.1) is 11.0 Å². The first-order valence-corrected chi connectivity index (χ1v) is 17.9. The lowest BCUT2D eigenvalue weighted by Crippen LogP contribution is -2.04. The molecule has 0 saturated carbocycles. The second kappa shape index (κ2) is 12.2. The Hall–Kier alpha value is -6.44. The number of hydrogen-bond acceptors (Lipinski definition) is 0. The molecule has 0 N–H and O–H groups in total. The van der Waals surface area contributed by atoms with E-state index in [0.29, 0.717) is 0 Å². The van der Waals surface area contributed by atoms with E-state index in [0.717, 1.165) is 12.1 Å². The Morgan fingerprint density at radius 1 is 0.353 bits per heavy atom. The highest BCUT2D eigenvalue weighted by Crippen LogP contribution is 2.48. The first kappa shape index (κ1) is 29.5. The van der Waals surface area contributed by atoms with E-state index in [9.17, 15) is 0 Å². The summed E-state index contributed by atoms with van der Waals surface area (Å²) in [7, 11) is 0. The minimum Gasteiger partial charge on any atom is -0.309 e. The Morgan fingerprint density at radius 2 is 0.902 bits per heavy atom. The minimum atomic E-state index is 0.288. The molecule has 1 heteroatoms. The van der Waals surface area contributed by atoms with Crippen molar-refractivity contribution in [3.63, 3.8) is 0 Å². The number of fused-ring (bicyclic) bond motifs is 6. The van der Waals surface area contributed by atoms with Crippen molar-refractivity contribution in [2.24, 2.45) is 0 Å². The van der Waals surface area contributed by atoms with Gasteiger partial charge in [0, 0.05) is 22.4 Å². The third-order valence-corrected chi connectivity index (χ3v) is 10.8. The molecular formula is C50H35N. The molecule has 1 nitrogen and oxygen atoms in total. The van der Waals surface area contributed by atoms with Crippen molar-refractivity contribution in [2.75, 3.05) is 0 Å². The van der Waals surface area contributed by atoms with Gasteiger partial charge in [-0.25, -0.2) is 0 Å². The smallest absolute Gasteiger partial charge is 0.0541 e. The van der Waals surface area contributed by atoms with Gasteiger partial charge < -0.3 is 4.57 Å². The van der Waals surface area contributed by atoms with Crippen LogP contribution in [0.5, 0.6) is 0 Å². The minimum absolute atomic E-state index is 0.288. The lowest BCUT2D eigenvalue weighted by molar-refractivity contribution is 0.828. The molecule has 0 aliphatic heterocycles. The summed E-state index contributed by atoms with van der Waals surface area (Å²) in [6.45, 7) is 0. The van der Waals surface area contributed by atoms with Crippen LogP contribution in [0.1, 0.15) is 22.6 Å². The SMILES string of the molecule is c1ccc(-c2ccc(CC3c4ccccc4-c4ccccc43)c(-c3ccc(-n4c5ccccc5c5ccccc54)cc3-c3ccccc3)c2)cc1. The zero-order valence-corrected chi connectivity index (χ0v) is 28.2. The molecule has 240 valence electrons. The van der Waals surface area contributed by atoms with Crippen molar-refractivity contribution >= 4 is 21.8 Å². The van der Waals surface area contributed by atoms with Gasteiger partial charge in [0.1, 0.15) is 0 Å². The van der Waals surface area contributed by atoms with Gasteiger partial charge in [-0.3, -0.25) is 0 Å². The highest BCUT2D eigenvalue weighted by molar-refractivity contribution is 6.09. The quantitative estimate of drug-likeness (QED) is 0.169. The molecule has 1 aromatic heterocycles. The van der Waals surface area contributed by atoms with Gasteiger partial charge in [-0.15, -0.1) is 0 Å². The maximum absolute atomic E-state index is 2.43. The Labute approximate surface area is 298 Å². The van der Waals surface area contributed by atoms with Gasteiger partial charge in [0.2, 0.25) is 0 Å². The first-order valence-electron chi connectivity index (χ1n) is 17.9. The molecule has 51 heavy (non-hydrogen) atoms. The third-order valence-electron chi connectivity index (χ3n) is 10.8. The number of para-hydroxylation sites is 2. The van der Waals surface area contributed by atoms with E-state index in [1.165, 1.54) is 83.0 Å². The van der Waals surface area contributed by atoms with Crippen molar-refractivity contribution in [2.45, 2.75) is 12.3 Å². The Balaban J connectivity index is 1.20. The molecular weight excluding hydrogens is 615 g/mol. The van der Waals surface area contributed by atoms with E-state index >= 15 is 0 Å². The van der Waals surface area contributed by atoms with Crippen LogP contribution in [0.4, 0.5) is 0 Å². The Bertz CT molecular complexity index is 2620. The van der Waals surface area contributed by atoms with Gasteiger partial charge in [-0.2, -0.15) is 0 Å². The van der Waals surface area contributed by atoms with Crippen molar-refractivity contribution < 1.29 is 0 Å². The predicted octanol–water partition coefficient (Wildman–Crippen LogP) is 13.1. The molecule has 1 aliphatic rings. The van der Waals surface area contributed by atoms with Gasteiger partial charge in [-0.1, -0.05) is 164 Å². The first-order chi connectivity index (χ1) is 25.3. The predicted molar refractivity (Wildman–Crippen MR) is 215 cm³/mol. The van der Waals surface area contributed by atoms with Gasteiger partial charge in [-0.05, 0) is 98.0 Å². The second-order valence-electron chi connectivity index (χ2n) is 13.6. The molecule has 0 bridgehead atoms. The number of nitrogens with zero attached hydrogens (tertiary/aromatic N) is 1. The van der Waals surface area contributed by atoms with E-state index in [4.69, 9.17) is 0 Å². The fraction of sp³-hybridized carbons (Fsp3) is 0.0400. The summed E-state index contributed by atoms with van der Waals surface area (Å²) in [5, 5.41) is 2.54. The summed E-state index contributed by atoms with van der Waals surface area (Å²) in [5.74, 6) is 0.288. The van der Waals surface area contributed by atoms with Crippen molar-refractivity contribution in [1.29, 1.82) is 0 Å². The van der Waals surface area contributed by atoms with Gasteiger partial charge in [0.25, 0.3) is 0 Å². The number of benzene rings is 8. The molecule has 1 heterocycles. The number of hydrogen-bond donors (Lipinski definition) is 0. The maximum Gasteiger partial charge on any atom is 0.0541 e. The standard InChI is InChI=1S/C50H35N/c1-3-15-34(16-4-1)36-27-28-37(32-48-41-21-9-7-19-39(41)40-20-8-10-22-42(40)48)46(31-36)43-30-29-38(33-47(43)35-17-5-2-6-18-35)51-49-25-13-11-23-44(49)45-24-12-14-26-50(45)51/h1-31,33,48H,32H2. The molecule has 1 aliphatic carbocycles.